The van der Waals surface area contributed by atoms with Crippen molar-refractivity contribution in [3.8, 4) is 23.0 Å². The first-order chi connectivity index (χ1) is 21.4. The molecule has 0 unspecified atom stereocenters. The van der Waals surface area contributed by atoms with Crippen molar-refractivity contribution in [2.75, 3.05) is 48.9 Å². The third kappa shape index (κ3) is 4.96. The standard InChI is InChI=1S/C33H31N3O8/c1-34(18-43-32(37)35-28-10-6-20(39-2)14-24(28)25-15-21(40-3)7-11-29(25)35)19-44-33(38)36-30-12-8-22(41-4)16-26(30)27-17-23(42-5)9-13-31(27)36/h6-17H,18-19H2,1-5H3. The smallest absolute Gasteiger partial charge is 0.420 e. The number of aromatic nitrogens is 2. The third-order valence-electron chi connectivity index (χ3n) is 7.54. The van der Waals surface area contributed by atoms with Crippen LogP contribution in [0.15, 0.2) is 72.8 Å². The van der Waals surface area contributed by atoms with Gasteiger partial charge in [-0.2, -0.15) is 0 Å². The van der Waals surface area contributed by atoms with Crippen LogP contribution >= 0.6 is 0 Å². The van der Waals surface area contributed by atoms with E-state index in [0.717, 1.165) is 21.5 Å². The summed E-state index contributed by atoms with van der Waals surface area (Å²) in [6.45, 7) is -0.248. The molecule has 0 saturated heterocycles. The van der Waals surface area contributed by atoms with E-state index in [0.29, 0.717) is 45.1 Å². The fourth-order valence-corrected chi connectivity index (χ4v) is 5.36. The van der Waals surface area contributed by atoms with E-state index in [1.54, 1.807) is 64.7 Å². The second kappa shape index (κ2) is 11.7. The van der Waals surface area contributed by atoms with Crippen LogP contribution in [-0.2, 0) is 9.47 Å². The lowest BCUT2D eigenvalue weighted by atomic mass is 10.1. The van der Waals surface area contributed by atoms with Crippen molar-refractivity contribution in [3.05, 3.63) is 72.8 Å². The van der Waals surface area contributed by atoms with E-state index >= 15 is 0 Å². The van der Waals surface area contributed by atoms with Crippen LogP contribution in [0.2, 0.25) is 0 Å². The summed E-state index contributed by atoms with van der Waals surface area (Å²) in [6.07, 6.45) is -1.16. The molecule has 0 amide bonds. The number of benzene rings is 4. The maximum atomic E-state index is 13.4. The molecule has 0 bridgehead atoms. The molecule has 0 N–H and O–H groups in total. The SMILES string of the molecule is COc1ccc2c(c1)c1cc(OC)ccc1n2C(=O)OCN(C)COC(=O)n1c2ccc(OC)cc2c2cc(OC)ccc21. The Morgan fingerprint density at radius 3 is 1.05 bits per heavy atom. The Hall–Kier alpha value is -5.42. The molecule has 226 valence electrons. The van der Waals surface area contributed by atoms with Crippen LogP contribution in [0, 0.1) is 0 Å². The van der Waals surface area contributed by atoms with Crippen molar-refractivity contribution in [2.45, 2.75) is 0 Å². The highest BCUT2D eigenvalue weighted by Crippen LogP contribution is 2.35. The van der Waals surface area contributed by atoms with Crippen molar-refractivity contribution in [3.63, 3.8) is 0 Å². The van der Waals surface area contributed by atoms with Crippen LogP contribution in [0.5, 0.6) is 23.0 Å². The number of nitrogens with zero attached hydrogens (tertiary/aromatic N) is 3. The summed E-state index contributed by atoms with van der Waals surface area (Å²) in [7, 11) is 8.05. The fraction of sp³-hybridized carbons (Fsp3) is 0.212. The Bertz CT molecular complexity index is 1780. The molecule has 0 aliphatic carbocycles. The van der Waals surface area contributed by atoms with Gasteiger partial charge in [0.25, 0.3) is 0 Å². The number of methoxy groups -OCH3 is 4. The minimum Gasteiger partial charge on any atom is -0.497 e. The summed E-state index contributed by atoms with van der Waals surface area (Å²) in [4.78, 5) is 28.4. The number of fused-ring (bicyclic) bond motifs is 6. The topological polar surface area (TPSA) is 103 Å². The molecule has 0 aliphatic heterocycles. The van der Waals surface area contributed by atoms with E-state index < -0.39 is 12.2 Å². The van der Waals surface area contributed by atoms with Crippen LogP contribution in [0.4, 0.5) is 9.59 Å². The van der Waals surface area contributed by atoms with Crippen LogP contribution < -0.4 is 18.9 Å². The molecular formula is C33H31N3O8. The summed E-state index contributed by atoms with van der Waals surface area (Å²) in [5.74, 6) is 2.65. The van der Waals surface area contributed by atoms with Crippen molar-refractivity contribution in [1.82, 2.24) is 14.0 Å². The number of hydrogen-bond donors (Lipinski definition) is 0. The maximum absolute atomic E-state index is 13.4. The maximum Gasteiger partial charge on any atom is 0.420 e. The number of hydrogen-bond acceptors (Lipinski definition) is 9. The van der Waals surface area contributed by atoms with E-state index in [9.17, 15) is 9.59 Å². The molecule has 0 fully saturated rings. The van der Waals surface area contributed by atoms with Gasteiger partial charge in [0.1, 0.15) is 36.5 Å². The predicted octanol–water partition coefficient (Wildman–Crippen LogP) is 6.45. The first-order valence-electron chi connectivity index (χ1n) is 13.7. The van der Waals surface area contributed by atoms with E-state index in [4.69, 9.17) is 28.4 Å². The van der Waals surface area contributed by atoms with Gasteiger partial charge in [-0.3, -0.25) is 0 Å². The summed E-state index contributed by atoms with van der Waals surface area (Å²) in [5.41, 5.74) is 2.64. The molecule has 6 rings (SSSR count). The lowest BCUT2D eigenvalue weighted by Crippen LogP contribution is -2.30. The molecule has 44 heavy (non-hydrogen) atoms. The van der Waals surface area contributed by atoms with Gasteiger partial charge in [-0.15, -0.1) is 0 Å². The largest absolute Gasteiger partial charge is 0.497 e. The lowest BCUT2D eigenvalue weighted by molar-refractivity contribution is 0.0231. The van der Waals surface area contributed by atoms with Crippen molar-refractivity contribution in [2.24, 2.45) is 0 Å². The average Bonchev–Trinajstić information content (AvgIpc) is 3.56. The van der Waals surface area contributed by atoms with Gasteiger partial charge in [-0.1, -0.05) is 0 Å². The molecule has 0 radical (unpaired) electrons. The molecule has 11 nitrogen and oxygen atoms in total. The van der Waals surface area contributed by atoms with Gasteiger partial charge in [-0.25, -0.2) is 23.6 Å². The number of carbonyl (C=O) groups is 2. The van der Waals surface area contributed by atoms with E-state index in [-0.39, 0.29) is 13.5 Å². The van der Waals surface area contributed by atoms with Crippen molar-refractivity contribution < 1.29 is 38.0 Å². The highest BCUT2D eigenvalue weighted by molar-refractivity contribution is 6.14. The molecule has 0 saturated carbocycles. The van der Waals surface area contributed by atoms with Crippen LogP contribution in [0.3, 0.4) is 0 Å². The number of rotatable bonds is 8. The zero-order valence-electron chi connectivity index (χ0n) is 25.0. The quantitative estimate of drug-likeness (QED) is 0.183. The van der Waals surface area contributed by atoms with Gasteiger partial charge in [-0.05, 0) is 79.8 Å². The van der Waals surface area contributed by atoms with Crippen molar-refractivity contribution in [1.29, 1.82) is 0 Å². The zero-order valence-corrected chi connectivity index (χ0v) is 25.0. The molecule has 6 aromatic rings. The first kappa shape index (κ1) is 28.7. The normalized spacial score (nSPS) is 11.4. The molecule has 0 aliphatic rings. The summed E-state index contributed by atoms with van der Waals surface area (Å²) in [6, 6.07) is 21.9. The van der Waals surface area contributed by atoms with Crippen LogP contribution in [0.25, 0.3) is 43.6 Å². The van der Waals surface area contributed by atoms with Gasteiger partial charge < -0.3 is 28.4 Å². The van der Waals surface area contributed by atoms with Crippen molar-refractivity contribution >= 4 is 55.8 Å². The lowest BCUT2D eigenvalue weighted by Gasteiger charge is -2.17. The molecule has 4 aromatic carbocycles. The van der Waals surface area contributed by atoms with E-state index in [1.807, 2.05) is 48.5 Å². The second-order valence-corrected chi connectivity index (χ2v) is 10.1. The Balaban J connectivity index is 1.20. The Morgan fingerprint density at radius 2 is 0.795 bits per heavy atom. The minimum absolute atomic E-state index is 0.124. The molecular weight excluding hydrogens is 566 g/mol. The van der Waals surface area contributed by atoms with Gasteiger partial charge in [0, 0.05) is 21.5 Å². The molecule has 0 atom stereocenters. The van der Waals surface area contributed by atoms with Gasteiger partial charge in [0.05, 0.1) is 50.5 Å². The van der Waals surface area contributed by atoms with E-state index in [1.165, 1.54) is 9.13 Å². The predicted molar refractivity (Wildman–Crippen MR) is 166 cm³/mol. The van der Waals surface area contributed by atoms with Gasteiger partial charge in [0.2, 0.25) is 0 Å². The molecule has 2 heterocycles. The number of ether oxygens (including phenoxy) is 6. The molecule has 11 heteroatoms. The average molecular weight is 598 g/mol. The highest BCUT2D eigenvalue weighted by Gasteiger charge is 2.21. The zero-order chi connectivity index (χ0) is 31.0. The summed E-state index contributed by atoms with van der Waals surface area (Å²) >= 11 is 0. The minimum atomic E-state index is -0.580. The summed E-state index contributed by atoms with van der Waals surface area (Å²) in [5, 5.41) is 3.27. The second-order valence-electron chi connectivity index (χ2n) is 10.1. The van der Waals surface area contributed by atoms with E-state index in [2.05, 4.69) is 0 Å². The third-order valence-corrected chi connectivity index (χ3v) is 7.54. The monoisotopic (exact) mass is 597 g/mol. The van der Waals surface area contributed by atoms with Gasteiger partial charge in [0.15, 0.2) is 0 Å². The Labute approximate surface area is 252 Å². The van der Waals surface area contributed by atoms with Crippen LogP contribution in [0.1, 0.15) is 0 Å². The Kier molecular flexibility index (Phi) is 7.62. The Morgan fingerprint density at radius 1 is 0.523 bits per heavy atom. The van der Waals surface area contributed by atoms with Gasteiger partial charge >= 0.3 is 12.2 Å². The molecule has 0 spiro atoms. The first-order valence-corrected chi connectivity index (χ1v) is 13.7. The number of carbonyl (C=O) groups excluding carboxylic acids is 2. The van der Waals surface area contributed by atoms with Crippen LogP contribution in [-0.4, -0.2) is 75.2 Å². The molecule has 2 aromatic heterocycles. The fourth-order valence-electron chi connectivity index (χ4n) is 5.36. The highest BCUT2D eigenvalue weighted by atomic mass is 16.6. The summed E-state index contributed by atoms with van der Waals surface area (Å²) < 4.78 is 35.9.